The number of nitrogens with one attached hydrogen (secondary N) is 3. The SMILES string of the molecule is Cc1ccc(C)c(OCCCC(C)(C)C(=O)NC(=S)Nc2ccc(S(=O)(=O)Nc3nccs3)cc2)c1. The van der Waals surface area contributed by atoms with Gasteiger partial charge in [-0.05, 0) is 80.4 Å². The van der Waals surface area contributed by atoms with Gasteiger partial charge in [0.25, 0.3) is 10.0 Å². The highest BCUT2D eigenvalue weighted by Gasteiger charge is 2.28. The Balaban J connectivity index is 1.47. The van der Waals surface area contributed by atoms with E-state index >= 15 is 0 Å². The maximum Gasteiger partial charge on any atom is 0.263 e. The summed E-state index contributed by atoms with van der Waals surface area (Å²) in [6.45, 7) is 8.26. The molecule has 2 aromatic carbocycles. The zero-order chi connectivity index (χ0) is 26.3. The second kappa shape index (κ2) is 11.8. The van der Waals surface area contributed by atoms with Crippen molar-refractivity contribution in [2.45, 2.75) is 45.4 Å². The van der Waals surface area contributed by atoms with Crippen molar-refractivity contribution in [1.82, 2.24) is 10.3 Å². The van der Waals surface area contributed by atoms with Crippen LogP contribution in [-0.4, -0.2) is 31.0 Å². The average molecular weight is 547 g/mol. The van der Waals surface area contributed by atoms with Crippen molar-refractivity contribution in [2.24, 2.45) is 5.41 Å². The Bertz CT molecular complexity index is 1310. The predicted molar refractivity (Wildman–Crippen MR) is 148 cm³/mol. The van der Waals surface area contributed by atoms with Gasteiger partial charge >= 0.3 is 0 Å². The summed E-state index contributed by atoms with van der Waals surface area (Å²) < 4.78 is 33.2. The molecule has 0 radical (unpaired) electrons. The second-order valence-electron chi connectivity index (χ2n) is 8.98. The summed E-state index contributed by atoms with van der Waals surface area (Å²) in [5.41, 5.74) is 2.11. The van der Waals surface area contributed by atoms with E-state index in [0.717, 1.165) is 16.9 Å². The van der Waals surface area contributed by atoms with Crippen LogP contribution in [0, 0.1) is 19.3 Å². The van der Waals surface area contributed by atoms with E-state index in [1.54, 1.807) is 17.5 Å². The number of thiocarbonyl (C=S) groups is 1. The van der Waals surface area contributed by atoms with Gasteiger partial charge in [0.15, 0.2) is 10.2 Å². The highest BCUT2D eigenvalue weighted by Crippen LogP contribution is 2.25. The Morgan fingerprint density at radius 3 is 2.53 bits per heavy atom. The fraction of sp³-hybridized carbons (Fsp3) is 0.320. The predicted octanol–water partition coefficient (Wildman–Crippen LogP) is 5.26. The van der Waals surface area contributed by atoms with Gasteiger partial charge in [-0.15, -0.1) is 11.3 Å². The van der Waals surface area contributed by atoms with Gasteiger partial charge in [0.05, 0.1) is 11.5 Å². The van der Waals surface area contributed by atoms with Crippen molar-refractivity contribution in [3.05, 3.63) is 65.2 Å². The second-order valence-corrected chi connectivity index (χ2v) is 12.0. The normalized spacial score (nSPS) is 11.6. The summed E-state index contributed by atoms with van der Waals surface area (Å²) in [5.74, 6) is 0.652. The number of carbonyl (C=O) groups is 1. The molecule has 0 spiro atoms. The van der Waals surface area contributed by atoms with Crippen LogP contribution < -0.4 is 20.1 Å². The first-order valence-corrected chi connectivity index (χ1v) is 14.1. The fourth-order valence-electron chi connectivity index (χ4n) is 3.27. The van der Waals surface area contributed by atoms with E-state index in [1.165, 1.54) is 29.7 Å². The van der Waals surface area contributed by atoms with Crippen LogP contribution in [0.2, 0.25) is 0 Å². The van der Waals surface area contributed by atoms with Crippen molar-refractivity contribution in [1.29, 1.82) is 0 Å². The molecule has 3 rings (SSSR count). The van der Waals surface area contributed by atoms with Crippen molar-refractivity contribution >= 4 is 55.4 Å². The lowest BCUT2D eigenvalue weighted by molar-refractivity contribution is -0.128. The van der Waals surface area contributed by atoms with Crippen molar-refractivity contribution in [2.75, 3.05) is 16.6 Å². The molecule has 8 nitrogen and oxygen atoms in total. The molecule has 0 saturated carbocycles. The molecule has 0 saturated heterocycles. The highest BCUT2D eigenvalue weighted by molar-refractivity contribution is 7.93. The van der Waals surface area contributed by atoms with E-state index in [-0.39, 0.29) is 15.9 Å². The lowest BCUT2D eigenvalue weighted by Gasteiger charge is -2.24. The van der Waals surface area contributed by atoms with Gasteiger partial charge in [-0.1, -0.05) is 26.0 Å². The summed E-state index contributed by atoms with van der Waals surface area (Å²) in [5, 5.41) is 7.75. The van der Waals surface area contributed by atoms with E-state index in [2.05, 4.69) is 20.3 Å². The minimum Gasteiger partial charge on any atom is -0.493 e. The zero-order valence-corrected chi connectivity index (χ0v) is 23.1. The molecule has 1 amide bonds. The third-order valence-electron chi connectivity index (χ3n) is 5.47. The van der Waals surface area contributed by atoms with Crippen LogP contribution in [-0.2, 0) is 14.8 Å². The summed E-state index contributed by atoms with van der Waals surface area (Å²) in [4.78, 5) is 16.8. The van der Waals surface area contributed by atoms with Gasteiger partial charge in [-0.2, -0.15) is 0 Å². The molecule has 192 valence electrons. The van der Waals surface area contributed by atoms with Crippen molar-refractivity contribution in [3.8, 4) is 5.75 Å². The van der Waals surface area contributed by atoms with Crippen molar-refractivity contribution < 1.29 is 17.9 Å². The van der Waals surface area contributed by atoms with Crippen LogP contribution in [0.3, 0.4) is 0 Å². The van der Waals surface area contributed by atoms with E-state index in [1.807, 2.05) is 45.9 Å². The summed E-state index contributed by atoms with van der Waals surface area (Å²) in [6, 6.07) is 12.1. The molecule has 0 aliphatic carbocycles. The molecule has 3 aromatic rings. The van der Waals surface area contributed by atoms with E-state index < -0.39 is 15.4 Å². The third-order valence-corrected chi connectivity index (χ3v) is 7.84. The number of nitrogens with zero attached hydrogens (tertiary/aromatic N) is 1. The lowest BCUT2D eigenvalue weighted by Crippen LogP contribution is -2.42. The topological polar surface area (TPSA) is 109 Å². The monoisotopic (exact) mass is 546 g/mol. The standard InChI is InChI=1S/C25H30N4O4S3/c1-17-6-7-18(2)21(16-17)33-14-5-12-25(3,4)22(30)28-23(34)27-19-8-10-20(11-9-19)36(31,32)29-24-26-13-15-35-24/h6-11,13,15-16H,5,12,14H2,1-4H3,(H,26,29)(H2,27,28,30,34). The van der Waals surface area contributed by atoms with Gasteiger partial charge in [-0.25, -0.2) is 13.4 Å². The van der Waals surface area contributed by atoms with E-state index in [4.69, 9.17) is 17.0 Å². The van der Waals surface area contributed by atoms with Gasteiger partial charge in [0.2, 0.25) is 5.91 Å². The minimum atomic E-state index is -3.74. The number of ether oxygens (including phenoxy) is 1. The maximum atomic E-state index is 12.8. The molecule has 36 heavy (non-hydrogen) atoms. The quantitative estimate of drug-likeness (QED) is 0.235. The molecule has 0 aliphatic rings. The largest absolute Gasteiger partial charge is 0.493 e. The molecule has 0 unspecified atom stereocenters. The molecule has 3 N–H and O–H groups in total. The van der Waals surface area contributed by atoms with Crippen LogP contribution in [0.1, 0.15) is 37.8 Å². The van der Waals surface area contributed by atoms with Gasteiger partial charge in [0.1, 0.15) is 5.75 Å². The molecular weight excluding hydrogens is 517 g/mol. The first-order valence-electron chi connectivity index (χ1n) is 11.3. The Morgan fingerprint density at radius 2 is 1.86 bits per heavy atom. The van der Waals surface area contributed by atoms with Gasteiger partial charge in [-0.3, -0.25) is 9.52 Å². The lowest BCUT2D eigenvalue weighted by atomic mass is 9.87. The van der Waals surface area contributed by atoms with Crippen LogP contribution in [0.15, 0.2) is 58.9 Å². The first kappa shape index (κ1) is 27.6. The molecule has 1 aromatic heterocycles. The number of thiazole rings is 1. The van der Waals surface area contributed by atoms with Crippen LogP contribution in [0.4, 0.5) is 10.8 Å². The van der Waals surface area contributed by atoms with Gasteiger partial charge in [0, 0.05) is 22.7 Å². The molecule has 0 atom stereocenters. The highest BCUT2D eigenvalue weighted by atomic mass is 32.2. The smallest absolute Gasteiger partial charge is 0.263 e. The summed E-state index contributed by atoms with van der Waals surface area (Å²) in [6.07, 6.45) is 2.84. The van der Waals surface area contributed by atoms with Crippen LogP contribution in [0.25, 0.3) is 0 Å². The number of amides is 1. The Morgan fingerprint density at radius 1 is 1.14 bits per heavy atom. The molecule has 1 heterocycles. The van der Waals surface area contributed by atoms with Gasteiger partial charge < -0.3 is 15.4 Å². The molecular formula is C25H30N4O4S3. The average Bonchev–Trinajstić information content (AvgIpc) is 3.31. The fourth-order valence-corrected chi connectivity index (χ4v) is 5.27. The Labute approximate surface area is 221 Å². The third kappa shape index (κ3) is 7.74. The Hall–Kier alpha value is -3.02. The number of aryl methyl sites for hydroxylation is 2. The zero-order valence-electron chi connectivity index (χ0n) is 20.6. The summed E-state index contributed by atoms with van der Waals surface area (Å²) in [7, 11) is -3.74. The van der Waals surface area contributed by atoms with E-state index in [0.29, 0.717) is 30.3 Å². The molecule has 0 aliphatic heterocycles. The molecule has 11 heteroatoms. The number of benzene rings is 2. The number of carbonyl (C=O) groups excluding carboxylic acids is 1. The maximum absolute atomic E-state index is 12.8. The van der Waals surface area contributed by atoms with Crippen molar-refractivity contribution in [3.63, 3.8) is 0 Å². The Kier molecular flexibility index (Phi) is 9.04. The molecule has 0 bridgehead atoms. The number of aromatic nitrogens is 1. The first-order chi connectivity index (χ1) is 17.0. The van der Waals surface area contributed by atoms with E-state index in [9.17, 15) is 13.2 Å². The summed E-state index contributed by atoms with van der Waals surface area (Å²) >= 11 is 6.48. The number of anilines is 2. The number of hydrogen-bond donors (Lipinski definition) is 3. The molecule has 0 fully saturated rings. The number of rotatable bonds is 10. The number of hydrogen-bond acceptors (Lipinski definition) is 7. The van der Waals surface area contributed by atoms with Crippen LogP contribution in [0.5, 0.6) is 5.75 Å². The van der Waals surface area contributed by atoms with Crippen LogP contribution >= 0.6 is 23.6 Å². The minimum absolute atomic E-state index is 0.0856. The number of sulfonamides is 1.